The monoisotopic (exact) mass is 661 g/mol. The molecule has 234 valence electrons. The van der Waals surface area contributed by atoms with E-state index in [1.165, 1.54) is 47.1 Å². The molecule has 1 amide bonds. The van der Waals surface area contributed by atoms with Crippen LogP contribution in [0.15, 0.2) is 72.0 Å². The van der Waals surface area contributed by atoms with Crippen molar-refractivity contribution >= 4 is 40.8 Å². The van der Waals surface area contributed by atoms with Crippen molar-refractivity contribution in [3.05, 3.63) is 105 Å². The summed E-state index contributed by atoms with van der Waals surface area (Å²) in [6.45, 7) is 1.82. The second-order valence-corrected chi connectivity index (χ2v) is 11.6. The Bertz CT molecular complexity index is 2050. The minimum atomic E-state index is -0.780. The van der Waals surface area contributed by atoms with Crippen LogP contribution in [0.1, 0.15) is 48.3 Å². The number of fused-ring (bicyclic) bond motifs is 4. The summed E-state index contributed by atoms with van der Waals surface area (Å²) in [6.07, 6.45) is 5.94. The lowest BCUT2D eigenvalue weighted by Crippen LogP contribution is -2.27. The van der Waals surface area contributed by atoms with Crippen LogP contribution in [0, 0.1) is 11.7 Å². The average Bonchev–Trinajstić information content (AvgIpc) is 3.49. The van der Waals surface area contributed by atoms with Gasteiger partial charge in [-0.1, -0.05) is 47.8 Å². The molecule has 1 aliphatic rings. The first-order valence-electron chi connectivity index (χ1n) is 14.3. The summed E-state index contributed by atoms with van der Waals surface area (Å²) in [5.41, 5.74) is 2.49. The maximum Gasteiger partial charge on any atom is 0.337 e. The summed E-state index contributed by atoms with van der Waals surface area (Å²) in [6, 6.07) is 12.1. The molecule has 5 aromatic rings. The van der Waals surface area contributed by atoms with Gasteiger partial charge in [0.15, 0.2) is 11.0 Å². The molecule has 6 rings (SSSR count). The fraction of sp³-hybridized carbons (Fsp3) is 0.219. The zero-order valence-corrected chi connectivity index (χ0v) is 26.1. The van der Waals surface area contributed by atoms with E-state index in [9.17, 15) is 14.4 Å². The zero-order valence-electron chi connectivity index (χ0n) is 24.6. The largest absolute Gasteiger partial charge is 0.465 e. The fourth-order valence-corrected chi connectivity index (χ4v) is 5.78. The van der Waals surface area contributed by atoms with Gasteiger partial charge in [-0.3, -0.25) is 19.1 Å². The minimum absolute atomic E-state index is 0.0402. The first kappa shape index (κ1) is 31.1. The molecule has 46 heavy (non-hydrogen) atoms. The van der Waals surface area contributed by atoms with Crippen LogP contribution in [0.3, 0.4) is 0 Å². The number of carbonyl (C=O) groups excluding carboxylic acids is 2. The standard InChI is InChI=1S/C32H26Cl2FN7O4/c1-17-4-3-5-25(23-12-18(10-11-36-23)20-7-6-19(32(45)46-2)13-22(20)38-31(17)44)41-16-37-24(14-28(41)43)29-26(9-8-21(33)30(29)35)42-15-27(34)39-40-42/h6-17,25H,3-5H2,1-2H3,(H,38,44). The van der Waals surface area contributed by atoms with Gasteiger partial charge in [-0.25, -0.2) is 18.9 Å². The number of carbonyl (C=O) groups is 2. The fourth-order valence-electron chi connectivity index (χ4n) is 5.49. The van der Waals surface area contributed by atoms with Crippen molar-refractivity contribution < 1.29 is 18.7 Å². The van der Waals surface area contributed by atoms with E-state index in [1.54, 1.807) is 30.5 Å². The van der Waals surface area contributed by atoms with Crippen LogP contribution in [0.2, 0.25) is 10.2 Å². The Hall–Kier alpha value is -4.94. The summed E-state index contributed by atoms with van der Waals surface area (Å²) in [5.74, 6) is -1.88. The number of methoxy groups -OCH3 is 1. The molecule has 2 aromatic carbocycles. The third-order valence-electron chi connectivity index (χ3n) is 7.91. The maximum atomic E-state index is 15.5. The number of nitrogens with one attached hydrogen (secondary N) is 1. The number of nitrogens with zero attached hydrogens (tertiary/aromatic N) is 6. The number of ether oxygens (including phenoxy) is 1. The SMILES string of the molecule is COC(=O)c1ccc2c(c1)NC(=O)C(C)CCCC(n1cnc(-c3c(-n4cc(Cl)nn4)ccc(Cl)c3F)cc1=O)c1cc-2ccn1. The Labute approximate surface area is 272 Å². The van der Waals surface area contributed by atoms with Crippen molar-refractivity contribution in [3.63, 3.8) is 0 Å². The number of amides is 1. The van der Waals surface area contributed by atoms with E-state index in [0.717, 1.165) is 0 Å². The highest BCUT2D eigenvalue weighted by Gasteiger charge is 2.25. The van der Waals surface area contributed by atoms with Crippen LogP contribution in [-0.2, 0) is 9.53 Å². The average molecular weight is 663 g/mol. The van der Waals surface area contributed by atoms with Crippen LogP contribution in [0.4, 0.5) is 10.1 Å². The van der Waals surface area contributed by atoms with Gasteiger partial charge < -0.3 is 10.1 Å². The topological polar surface area (TPSA) is 134 Å². The Balaban J connectivity index is 1.45. The number of hydrogen-bond acceptors (Lipinski definition) is 8. The van der Waals surface area contributed by atoms with Crippen LogP contribution in [0.5, 0.6) is 0 Å². The highest BCUT2D eigenvalue weighted by molar-refractivity contribution is 6.31. The third kappa shape index (κ3) is 6.01. The number of aromatic nitrogens is 6. The Kier molecular flexibility index (Phi) is 8.65. The summed E-state index contributed by atoms with van der Waals surface area (Å²) < 4.78 is 23.0. The van der Waals surface area contributed by atoms with Gasteiger partial charge in [0.05, 0.1) is 58.9 Å². The molecule has 2 unspecified atom stereocenters. The van der Waals surface area contributed by atoms with Crippen molar-refractivity contribution in [2.24, 2.45) is 5.92 Å². The molecule has 4 heterocycles. The number of hydrogen-bond donors (Lipinski definition) is 1. The van der Waals surface area contributed by atoms with E-state index in [0.29, 0.717) is 41.8 Å². The lowest BCUT2D eigenvalue weighted by molar-refractivity contribution is -0.119. The molecule has 0 aliphatic carbocycles. The molecule has 11 nitrogen and oxygen atoms in total. The highest BCUT2D eigenvalue weighted by Crippen LogP contribution is 2.35. The zero-order chi connectivity index (χ0) is 32.5. The summed E-state index contributed by atoms with van der Waals surface area (Å²) in [4.78, 5) is 48.3. The molecule has 1 N–H and O–H groups in total. The first-order chi connectivity index (χ1) is 22.1. The number of benzene rings is 2. The molecular formula is C32H26Cl2FN7O4. The van der Waals surface area contributed by atoms with Crippen molar-refractivity contribution in [1.29, 1.82) is 0 Å². The van der Waals surface area contributed by atoms with Crippen molar-refractivity contribution in [2.75, 3.05) is 12.4 Å². The number of rotatable bonds is 4. The van der Waals surface area contributed by atoms with Gasteiger partial charge in [0, 0.05) is 29.4 Å². The second kappa shape index (κ2) is 12.8. The number of pyridine rings is 1. The van der Waals surface area contributed by atoms with Gasteiger partial charge in [-0.2, -0.15) is 0 Å². The summed E-state index contributed by atoms with van der Waals surface area (Å²) in [5, 5.41) is 10.6. The molecule has 2 atom stereocenters. The molecule has 0 radical (unpaired) electrons. The smallest absolute Gasteiger partial charge is 0.337 e. The maximum absolute atomic E-state index is 15.5. The Morgan fingerprint density at radius 2 is 1.89 bits per heavy atom. The lowest BCUT2D eigenvalue weighted by Gasteiger charge is -2.23. The number of esters is 1. The number of anilines is 1. The number of halogens is 3. The Morgan fingerprint density at radius 3 is 2.63 bits per heavy atom. The van der Waals surface area contributed by atoms with Crippen LogP contribution >= 0.6 is 23.2 Å². The molecular weight excluding hydrogens is 636 g/mol. The second-order valence-electron chi connectivity index (χ2n) is 10.8. The molecule has 3 aromatic heterocycles. The van der Waals surface area contributed by atoms with E-state index in [4.69, 9.17) is 27.9 Å². The van der Waals surface area contributed by atoms with E-state index < -0.39 is 23.4 Å². The molecule has 0 saturated heterocycles. The van der Waals surface area contributed by atoms with Gasteiger partial charge in [0.2, 0.25) is 5.91 Å². The van der Waals surface area contributed by atoms with E-state index in [1.807, 2.05) is 13.0 Å². The highest BCUT2D eigenvalue weighted by atomic mass is 35.5. The Morgan fingerprint density at radius 1 is 1.07 bits per heavy atom. The molecule has 14 heteroatoms. The van der Waals surface area contributed by atoms with Gasteiger partial charge in [-0.05, 0) is 54.8 Å². The lowest BCUT2D eigenvalue weighted by atomic mass is 9.95. The quantitative estimate of drug-likeness (QED) is 0.227. The first-order valence-corrected chi connectivity index (χ1v) is 15.0. The predicted octanol–water partition coefficient (Wildman–Crippen LogP) is 6.13. The van der Waals surface area contributed by atoms with Crippen LogP contribution < -0.4 is 10.9 Å². The molecule has 0 saturated carbocycles. The summed E-state index contributed by atoms with van der Waals surface area (Å²) >= 11 is 12.1. The van der Waals surface area contributed by atoms with Crippen molar-refractivity contribution in [2.45, 2.75) is 32.2 Å². The summed E-state index contributed by atoms with van der Waals surface area (Å²) in [7, 11) is 1.29. The molecule has 0 spiro atoms. The third-order valence-corrected chi connectivity index (χ3v) is 8.37. The van der Waals surface area contributed by atoms with Crippen LogP contribution in [0.25, 0.3) is 28.1 Å². The van der Waals surface area contributed by atoms with Crippen LogP contribution in [-0.4, -0.2) is 48.5 Å². The van der Waals surface area contributed by atoms with E-state index >= 15 is 4.39 Å². The van der Waals surface area contributed by atoms with Gasteiger partial charge in [-0.15, -0.1) is 5.10 Å². The molecule has 2 bridgehead atoms. The normalized spacial score (nSPS) is 16.5. The predicted molar refractivity (Wildman–Crippen MR) is 170 cm³/mol. The minimum Gasteiger partial charge on any atom is -0.465 e. The van der Waals surface area contributed by atoms with E-state index in [2.05, 4.69) is 25.6 Å². The molecule has 1 aliphatic heterocycles. The van der Waals surface area contributed by atoms with E-state index in [-0.39, 0.29) is 44.5 Å². The van der Waals surface area contributed by atoms with Crippen molar-refractivity contribution in [3.8, 4) is 28.1 Å². The van der Waals surface area contributed by atoms with Gasteiger partial charge in [0.25, 0.3) is 5.56 Å². The van der Waals surface area contributed by atoms with Gasteiger partial charge in [0.1, 0.15) is 0 Å². The molecule has 0 fully saturated rings. The van der Waals surface area contributed by atoms with Crippen molar-refractivity contribution in [1.82, 2.24) is 29.5 Å². The van der Waals surface area contributed by atoms with Gasteiger partial charge >= 0.3 is 5.97 Å².